The highest BCUT2D eigenvalue weighted by molar-refractivity contribution is 5.73. The molecule has 0 aliphatic rings. The summed E-state index contributed by atoms with van der Waals surface area (Å²) in [6.45, 7) is 0.219. The number of aliphatic hydroxyl groups excluding tert-OH is 2. The van der Waals surface area contributed by atoms with Crippen molar-refractivity contribution in [1.29, 1.82) is 5.26 Å². The number of benzene rings is 2. The molecule has 2 atom stereocenters. The Morgan fingerprint density at radius 1 is 1.17 bits per heavy atom. The van der Waals surface area contributed by atoms with Crippen LogP contribution in [-0.4, -0.2) is 27.4 Å². The Balaban J connectivity index is 2.22. The van der Waals surface area contributed by atoms with Gasteiger partial charge in [0.2, 0.25) is 0 Å². The van der Waals surface area contributed by atoms with Crippen LogP contribution in [0.1, 0.15) is 22.8 Å². The normalized spacial score (nSPS) is 12.9. The highest BCUT2D eigenvalue weighted by Gasteiger charge is 2.25. The molecule has 0 heterocycles. The van der Waals surface area contributed by atoms with Gasteiger partial charge in [0.15, 0.2) is 6.10 Å². The topological polar surface area (TPSA) is 111 Å². The maximum absolute atomic E-state index is 10.7. The molecule has 0 saturated heterocycles. The molecule has 0 aromatic heterocycles. The number of aliphatic hydroxyl groups is 2. The van der Waals surface area contributed by atoms with Gasteiger partial charge >= 0.3 is 5.97 Å². The van der Waals surface area contributed by atoms with E-state index in [9.17, 15) is 15.0 Å². The number of hydrogen-bond acceptors (Lipinski definition) is 5. The van der Waals surface area contributed by atoms with Crippen LogP contribution in [-0.2, 0) is 11.4 Å². The Morgan fingerprint density at radius 2 is 1.87 bits per heavy atom. The molecule has 0 aliphatic heterocycles. The summed E-state index contributed by atoms with van der Waals surface area (Å²) >= 11 is 0. The van der Waals surface area contributed by atoms with Gasteiger partial charge < -0.3 is 20.1 Å². The summed E-state index contributed by atoms with van der Waals surface area (Å²) in [4.78, 5) is 10.7. The number of hydrogen-bond donors (Lipinski definition) is 3. The van der Waals surface area contributed by atoms with Crippen molar-refractivity contribution < 1.29 is 24.9 Å². The molecule has 2 unspecified atom stereocenters. The fourth-order valence-electron chi connectivity index (χ4n) is 1.99. The lowest BCUT2D eigenvalue weighted by Crippen LogP contribution is -2.27. The van der Waals surface area contributed by atoms with Gasteiger partial charge in [0.1, 0.15) is 24.5 Å². The molecule has 0 bridgehead atoms. The summed E-state index contributed by atoms with van der Waals surface area (Å²) in [5, 5.41) is 37.1. The van der Waals surface area contributed by atoms with Gasteiger partial charge in [-0.2, -0.15) is 5.26 Å². The first-order valence-electron chi connectivity index (χ1n) is 6.82. The third-order valence-corrected chi connectivity index (χ3v) is 3.26. The Morgan fingerprint density at radius 3 is 2.48 bits per heavy atom. The highest BCUT2D eigenvalue weighted by Crippen LogP contribution is 2.26. The van der Waals surface area contributed by atoms with E-state index in [1.165, 1.54) is 18.2 Å². The van der Waals surface area contributed by atoms with E-state index in [4.69, 9.17) is 15.1 Å². The first-order valence-corrected chi connectivity index (χ1v) is 6.82. The number of ether oxygens (including phenoxy) is 1. The van der Waals surface area contributed by atoms with Gasteiger partial charge in [0, 0.05) is 0 Å². The van der Waals surface area contributed by atoms with Gasteiger partial charge in [-0.3, -0.25) is 0 Å². The van der Waals surface area contributed by atoms with Gasteiger partial charge in [-0.1, -0.05) is 36.4 Å². The van der Waals surface area contributed by atoms with Crippen LogP contribution in [0.25, 0.3) is 0 Å². The van der Waals surface area contributed by atoms with E-state index in [0.29, 0.717) is 0 Å². The average molecular weight is 313 g/mol. The number of carboxylic acids is 1. The van der Waals surface area contributed by atoms with Crippen LogP contribution in [0, 0.1) is 11.3 Å². The Bertz CT molecular complexity index is 724. The molecule has 0 radical (unpaired) electrons. The average Bonchev–Trinajstić information content (AvgIpc) is 2.59. The summed E-state index contributed by atoms with van der Waals surface area (Å²) in [5.41, 5.74) is 1.30. The first kappa shape index (κ1) is 16.5. The van der Waals surface area contributed by atoms with Gasteiger partial charge in [0.05, 0.1) is 5.56 Å². The summed E-state index contributed by atoms with van der Waals surface area (Å²) in [7, 11) is 0. The number of aliphatic carboxylic acids is 1. The fraction of sp³-hybridized carbons (Fsp3) is 0.176. The van der Waals surface area contributed by atoms with Crippen molar-refractivity contribution in [2.45, 2.75) is 18.8 Å². The summed E-state index contributed by atoms with van der Waals surface area (Å²) in [5.74, 6) is -1.32. The summed E-state index contributed by atoms with van der Waals surface area (Å²) in [6.07, 6.45) is -3.57. The molecule has 2 rings (SSSR count). The molecule has 0 amide bonds. The minimum Gasteiger partial charge on any atom is -0.488 e. The van der Waals surface area contributed by atoms with E-state index in [1.807, 2.05) is 36.4 Å². The zero-order valence-electron chi connectivity index (χ0n) is 12.1. The second-order valence-corrected chi connectivity index (χ2v) is 4.87. The maximum atomic E-state index is 10.7. The zero-order valence-corrected chi connectivity index (χ0v) is 12.1. The smallest absolute Gasteiger partial charge is 0.335 e. The number of carbonyl (C=O) groups is 1. The van der Waals surface area contributed by atoms with Crippen LogP contribution in [0.15, 0.2) is 48.5 Å². The van der Waals surface area contributed by atoms with E-state index in [0.717, 1.165) is 5.56 Å². The molecule has 6 nitrogen and oxygen atoms in total. The lowest BCUT2D eigenvalue weighted by Gasteiger charge is -2.16. The Kier molecular flexibility index (Phi) is 5.31. The molecule has 118 valence electrons. The largest absolute Gasteiger partial charge is 0.488 e. The fourth-order valence-corrected chi connectivity index (χ4v) is 1.99. The SMILES string of the molecule is N#Cc1ccc(C(O)C(O)C(=O)O)cc1OCc1ccccc1. The quantitative estimate of drug-likeness (QED) is 0.747. The number of carboxylic acid groups (broad SMARTS) is 1. The summed E-state index contributed by atoms with van der Waals surface area (Å²) < 4.78 is 5.58. The van der Waals surface area contributed by atoms with E-state index in [-0.39, 0.29) is 23.5 Å². The van der Waals surface area contributed by atoms with Crippen LogP contribution in [0.5, 0.6) is 5.75 Å². The molecular formula is C17H15NO5. The lowest BCUT2D eigenvalue weighted by atomic mass is 10.0. The standard InChI is InChI=1S/C17H15NO5/c18-9-13-7-6-12(15(19)16(20)17(21)22)8-14(13)23-10-11-4-2-1-3-5-11/h1-8,15-16,19-20H,10H2,(H,21,22). The van der Waals surface area contributed by atoms with Crippen molar-refractivity contribution in [1.82, 2.24) is 0 Å². The van der Waals surface area contributed by atoms with Gasteiger partial charge in [-0.25, -0.2) is 4.79 Å². The molecule has 0 spiro atoms. The van der Waals surface area contributed by atoms with Crippen LogP contribution < -0.4 is 4.74 Å². The summed E-state index contributed by atoms with van der Waals surface area (Å²) in [6, 6.07) is 15.4. The second kappa shape index (κ2) is 7.40. The zero-order chi connectivity index (χ0) is 16.8. The monoisotopic (exact) mass is 313 g/mol. The van der Waals surface area contributed by atoms with Crippen molar-refractivity contribution in [2.75, 3.05) is 0 Å². The van der Waals surface area contributed by atoms with Gasteiger partial charge in [-0.05, 0) is 23.3 Å². The molecule has 2 aromatic rings. The van der Waals surface area contributed by atoms with E-state index < -0.39 is 18.2 Å². The highest BCUT2D eigenvalue weighted by atomic mass is 16.5. The van der Waals surface area contributed by atoms with Crippen molar-refractivity contribution >= 4 is 5.97 Å². The van der Waals surface area contributed by atoms with Crippen molar-refractivity contribution in [3.8, 4) is 11.8 Å². The van der Waals surface area contributed by atoms with Crippen LogP contribution in [0.2, 0.25) is 0 Å². The number of nitrogens with zero attached hydrogens (tertiary/aromatic N) is 1. The van der Waals surface area contributed by atoms with Crippen LogP contribution in [0.3, 0.4) is 0 Å². The van der Waals surface area contributed by atoms with E-state index >= 15 is 0 Å². The molecule has 0 fully saturated rings. The third-order valence-electron chi connectivity index (χ3n) is 3.26. The van der Waals surface area contributed by atoms with Crippen molar-refractivity contribution in [2.24, 2.45) is 0 Å². The molecule has 23 heavy (non-hydrogen) atoms. The minimum atomic E-state index is -1.95. The predicted molar refractivity (Wildman–Crippen MR) is 80.5 cm³/mol. The molecule has 6 heteroatoms. The molecule has 2 aromatic carbocycles. The molecule has 0 aliphatic carbocycles. The van der Waals surface area contributed by atoms with E-state index in [2.05, 4.69) is 0 Å². The predicted octanol–water partition coefficient (Wildman–Crippen LogP) is 1.62. The molecular weight excluding hydrogens is 298 g/mol. The van der Waals surface area contributed by atoms with E-state index in [1.54, 1.807) is 0 Å². The number of rotatable bonds is 6. The Labute approximate surface area is 132 Å². The van der Waals surface area contributed by atoms with Gasteiger partial charge in [-0.15, -0.1) is 0 Å². The van der Waals surface area contributed by atoms with Crippen molar-refractivity contribution in [3.63, 3.8) is 0 Å². The minimum absolute atomic E-state index is 0.155. The van der Waals surface area contributed by atoms with Gasteiger partial charge in [0.25, 0.3) is 0 Å². The van der Waals surface area contributed by atoms with Crippen LogP contribution in [0.4, 0.5) is 0 Å². The first-order chi connectivity index (χ1) is 11.0. The maximum Gasteiger partial charge on any atom is 0.335 e. The van der Waals surface area contributed by atoms with Crippen LogP contribution >= 0.6 is 0 Å². The number of nitriles is 1. The molecule has 3 N–H and O–H groups in total. The second-order valence-electron chi connectivity index (χ2n) is 4.87. The third kappa shape index (κ3) is 4.07. The molecule has 0 saturated carbocycles. The Hall–Kier alpha value is -2.88. The lowest BCUT2D eigenvalue weighted by molar-refractivity contribution is -0.153. The van der Waals surface area contributed by atoms with Crippen molar-refractivity contribution in [3.05, 3.63) is 65.2 Å².